The molecule has 198 valence electrons. The van der Waals surface area contributed by atoms with Crippen LogP contribution in [0.1, 0.15) is 69.1 Å². The molecule has 3 aliphatic rings. The fourth-order valence-corrected chi connectivity index (χ4v) is 4.15. The van der Waals surface area contributed by atoms with Gasteiger partial charge < -0.3 is 20.5 Å². The van der Waals surface area contributed by atoms with Crippen molar-refractivity contribution in [3.8, 4) is 0 Å². The molecule has 12 nitrogen and oxygen atoms in total. The van der Waals surface area contributed by atoms with Crippen LogP contribution in [0.2, 0.25) is 0 Å². The Bertz CT molecular complexity index is 981. The summed E-state index contributed by atoms with van der Waals surface area (Å²) >= 11 is 0. The summed E-state index contributed by atoms with van der Waals surface area (Å²) in [6, 6.07) is 0.0521. The molecule has 4 rings (SSSR count). The van der Waals surface area contributed by atoms with Crippen LogP contribution in [-0.2, 0) is 25.8 Å². The number of nitrogens with one attached hydrogen (secondary N) is 4. The summed E-state index contributed by atoms with van der Waals surface area (Å²) in [5, 5.41) is 11.9. The van der Waals surface area contributed by atoms with Crippen LogP contribution in [0.4, 0.5) is 0 Å². The molecule has 36 heavy (non-hydrogen) atoms. The van der Waals surface area contributed by atoms with E-state index in [0.29, 0.717) is 31.1 Å². The Balaban J connectivity index is 1.29. The Morgan fingerprint density at radius 2 is 1.92 bits per heavy atom. The van der Waals surface area contributed by atoms with E-state index in [1.54, 1.807) is 13.0 Å². The molecule has 0 spiro atoms. The molecule has 2 saturated heterocycles. The lowest BCUT2D eigenvalue weighted by Gasteiger charge is -2.29. The number of hydroxylamine groups is 1. The molecular formula is C24H36N6O6. The topological polar surface area (TPSA) is 168 Å². The van der Waals surface area contributed by atoms with E-state index < -0.39 is 35.5 Å². The molecule has 3 fully saturated rings. The lowest BCUT2D eigenvalue weighted by atomic mass is 9.96. The number of Topliss-reactive ketones (excluding diaryl/α,β-unsaturated/α-hetero) is 1. The van der Waals surface area contributed by atoms with Crippen molar-refractivity contribution in [2.45, 2.75) is 77.2 Å². The Morgan fingerprint density at radius 3 is 2.50 bits per heavy atom. The van der Waals surface area contributed by atoms with E-state index in [4.69, 9.17) is 9.36 Å². The molecule has 1 aromatic rings. The summed E-state index contributed by atoms with van der Waals surface area (Å²) in [5.41, 5.74) is 1.58. The van der Waals surface area contributed by atoms with Gasteiger partial charge in [0.2, 0.25) is 23.3 Å². The first kappa shape index (κ1) is 26.2. The van der Waals surface area contributed by atoms with Crippen molar-refractivity contribution in [2.24, 2.45) is 11.8 Å². The first-order valence-corrected chi connectivity index (χ1v) is 12.7. The van der Waals surface area contributed by atoms with Gasteiger partial charge in [0, 0.05) is 6.07 Å². The highest BCUT2D eigenvalue weighted by molar-refractivity contribution is 5.98. The van der Waals surface area contributed by atoms with Gasteiger partial charge in [-0.2, -0.15) is 5.48 Å². The third-order valence-corrected chi connectivity index (χ3v) is 6.67. The monoisotopic (exact) mass is 504 g/mol. The second-order valence-corrected chi connectivity index (χ2v) is 10.6. The molecule has 4 N–H and O–H groups in total. The van der Waals surface area contributed by atoms with Crippen molar-refractivity contribution in [1.82, 2.24) is 31.5 Å². The summed E-state index contributed by atoms with van der Waals surface area (Å²) in [6.07, 6.45) is 4.07. The molecule has 2 aliphatic heterocycles. The number of hydrogen-bond acceptors (Lipinski definition) is 9. The number of aromatic nitrogens is 1. The lowest BCUT2D eigenvalue weighted by Crippen LogP contribution is -2.52. The number of rotatable bonds is 14. The Morgan fingerprint density at radius 1 is 1.19 bits per heavy atom. The number of hydrogen-bond donors (Lipinski definition) is 4. The molecule has 0 bridgehead atoms. The summed E-state index contributed by atoms with van der Waals surface area (Å²) in [6.45, 7) is 7.78. The van der Waals surface area contributed by atoms with E-state index in [9.17, 15) is 19.2 Å². The van der Waals surface area contributed by atoms with Gasteiger partial charge in [0.05, 0.1) is 19.1 Å². The van der Waals surface area contributed by atoms with Gasteiger partial charge in [-0.25, -0.2) is 0 Å². The van der Waals surface area contributed by atoms with Crippen LogP contribution >= 0.6 is 0 Å². The van der Waals surface area contributed by atoms with Crippen LogP contribution in [0.25, 0.3) is 0 Å². The molecule has 3 heterocycles. The molecule has 3 amide bonds. The van der Waals surface area contributed by atoms with Gasteiger partial charge in [0.1, 0.15) is 6.04 Å². The zero-order valence-corrected chi connectivity index (χ0v) is 21.1. The van der Waals surface area contributed by atoms with Crippen LogP contribution in [0.5, 0.6) is 0 Å². The number of carbonyl (C=O) groups excluding carboxylic acids is 4. The molecule has 1 saturated carbocycles. The zero-order chi connectivity index (χ0) is 25.9. The van der Waals surface area contributed by atoms with E-state index in [-0.39, 0.29) is 23.9 Å². The van der Waals surface area contributed by atoms with E-state index in [1.165, 1.54) is 0 Å². The van der Waals surface area contributed by atoms with E-state index in [1.807, 2.05) is 13.8 Å². The molecule has 2 unspecified atom stereocenters. The predicted molar refractivity (Wildman–Crippen MR) is 127 cm³/mol. The summed E-state index contributed by atoms with van der Waals surface area (Å²) in [7, 11) is 0. The maximum absolute atomic E-state index is 12.9. The average Bonchev–Trinajstić information content (AvgIpc) is 3.72. The number of likely N-dealkylation sites (tertiary alicyclic amines) is 1. The SMILES string of the molecule is CC(C)C[C@H](NC(=O)CNC(=O)C(CC1CC1)NC(=O)c1cc(CN2CCC2)on1)C(=O)C1(C)NO1. The van der Waals surface area contributed by atoms with Crippen molar-refractivity contribution in [1.29, 1.82) is 0 Å². The van der Waals surface area contributed by atoms with Crippen LogP contribution < -0.4 is 21.4 Å². The normalized spacial score (nSPS) is 22.9. The maximum Gasteiger partial charge on any atom is 0.274 e. The predicted octanol–water partition coefficient (Wildman–Crippen LogP) is 0.246. The molecule has 12 heteroatoms. The second-order valence-electron chi connectivity index (χ2n) is 10.6. The number of carbonyl (C=O) groups is 4. The second kappa shape index (κ2) is 11.1. The quantitative estimate of drug-likeness (QED) is 0.259. The van der Waals surface area contributed by atoms with E-state index in [0.717, 1.165) is 32.4 Å². The minimum absolute atomic E-state index is 0.122. The largest absolute Gasteiger partial charge is 0.359 e. The van der Waals surface area contributed by atoms with E-state index in [2.05, 4.69) is 31.5 Å². The van der Waals surface area contributed by atoms with Gasteiger partial charge in [0.25, 0.3) is 5.91 Å². The van der Waals surface area contributed by atoms with Gasteiger partial charge in [-0.1, -0.05) is 31.8 Å². The minimum atomic E-state index is -1.09. The highest BCUT2D eigenvalue weighted by Gasteiger charge is 2.50. The van der Waals surface area contributed by atoms with Crippen LogP contribution in [0.3, 0.4) is 0 Å². The van der Waals surface area contributed by atoms with Crippen molar-refractivity contribution in [3.63, 3.8) is 0 Å². The fraction of sp³-hybridized carbons (Fsp3) is 0.708. The first-order valence-electron chi connectivity index (χ1n) is 12.7. The smallest absolute Gasteiger partial charge is 0.274 e. The third-order valence-electron chi connectivity index (χ3n) is 6.67. The Labute approximate surface area is 210 Å². The number of nitrogens with zero attached hydrogens (tertiary/aromatic N) is 2. The first-order chi connectivity index (χ1) is 17.1. The van der Waals surface area contributed by atoms with Crippen LogP contribution in [0, 0.1) is 11.8 Å². The van der Waals surface area contributed by atoms with Gasteiger partial charge in [0.15, 0.2) is 11.5 Å². The van der Waals surface area contributed by atoms with Gasteiger partial charge in [-0.3, -0.25) is 28.9 Å². The maximum atomic E-state index is 12.9. The number of amides is 3. The van der Waals surface area contributed by atoms with E-state index >= 15 is 0 Å². The summed E-state index contributed by atoms with van der Waals surface area (Å²) < 4.78 is 5.27. The van der Waals surface area contributed by atoms with Crippen molar-refractivity contribution >= 4 is 23.5 Å². The Hall–Kier alpha value is -2.83. The van der Waals surface area contributed by atoms with Crippen molar-refractivity contribution < 1.29 is 28.5 Å². The van der Waals surface area contributed by atoms with Gasteiger partial charge in [-0.05, 0) is 51.1 Å². The molecule has 0 radical (unpaired) electrons. The molecular weight excluding hydrogens is 468 g/mol. The van der Waals surface area contributed by atoms with Crippen LogP contribution in [0.15, 0.2) is 10.6 Å². The van der Waals surface area contributed by atoms with Crippen molar-refractivity contribution in [2.75, 3.05) is 19.6 Å². The van der Waals surface area contributed by atoms with Gasteiger partial charge >= 0.3 is 0 Å². The Kier molecular flexibility index (Phi) is 8.06. The molecule has 0 aromatic carbocycles. The average molecular weight is 505 g/mol. The molecule has 1 aromatic heterocycles. The highest BCUT2D eigenvalue weighted by Crippen LogP contribution is 2.33. The lowest BCUT2D eigenvalue weighted by molar-refractivity contribution is -0.131. The standard InChI is InChI=1S/C24H36N6O6/c1-14(2)9-17(21(32)24(3)29-36-24)26-20(31)12-25-22(33)18(10-15-5-6-15)27-23(34)19-11-16(35-28-19)13-30-7-4-8-30/h11,14-15,17-18,29H,4-10,12-13H2,1-3H3,(H,25,33)(H,26,31)(H,27,34)/t17-,18?,24?/m0/s1. The summed E-state index contributed by atoms with van der Waals surface area (Å²) in [5.74, 6) is -0.588. The van der Waals surface area contributed by atoms with Crippen LogP contribution in [-0.4, -0.2) is 71.0 Å². The molecule has 1 aliphatic carbocycles. The highest BCUT2D eigenvalue weighted by atomic mass is 16.8. The fourth-order valence-electron chi connectivity index (χ4n) is 4.15. The summed E-state index contributed by atoms with van der Waals surface area (Å²) in [4.78, 5) is 58.0. The third kappa shape index (κ3) is 7.11. The molecule has 3 atom stereocenters. The number of ketones is 1. The zero-order valence-electron chi connectivity index (χ0n) is 21.1. The van der Waals surface area contributed by atoms with Crippen molar-refractivity contribution in [3.05, 3.63) is 17.5 Å². The minimum Gasteiger partial charge on any atom is -0.359 e. The van der Waals surface area contributed by atoms with Gasteiger partial charge in [-0.15, -0.1) is 0 Å².